The van der Waals surface area contributed by atoms with Crippen molar-refractivity contribution < 1.29 is 21.2 Å². The SMILES string of the molecule is O[CH2][Ru][Cl]. The van der Waals surface area contributed by atoms with E-state index >= 15 is 0 Å². The van der Waals surface area contributed by atoms with Gasteiger partial charge in [0.1, 0.15) is 0 Å². The number of rotatable bonds is 1. The third-order valence-corrected chi connectivity index (χ3v) is 0.750. The fraction of sp³-hybridized carbons (Fsp3) is 1.00. The number of aliphatic hydroxyl groups is 1. The summed E-state index contributed by atoms with van der Waals surface area (Å²) in [4.78, 5) is 0. The number of aliphatic hydroxyl groups excluding tert-OH is 1. The van der Waals surface area contributed by atoms with Crippen LogP contribution in [0.2, 0.25) is 0 Å². The molecule has 0 rings (SSSR count). The van der Waals surface area contributed by atoms with Gasteiger partial charge in [0.25, 0.3) is 0 Å². The van der Waals surface area contributed by atoms with Crippen LogP contribution in [0.15, 0.2) is 0 Å². The molecule has 0 aliphatic carbocycles. The molecule has 0 aromatic carbocycles. The van der Waals surface area contributed by atoms with Crippen LogP contribution in [0.3, 0.4) is 0 Å². The predicted octanol–water partition coefficient (Wildman–Crippen LogP) is 0.172. The second kappa shape index (κ2) is 3.87. The molecule has 0 saturated heterocycles. The summed E-state index contributed by atoms with van der Waals surface area (Å²) in [5.41, 5.74) is 0. The second-order valence-electron chi connectivity index (χ2n) is 0.206. The molecule has 1 nitrogen and oxygen atoms in total. The van der Waals surface area contributed by atoms with Gasteiger partial charge in [-0.25, -0.2) is 0 Å². The molecule has 0 saturated carbocycles. The molecule has 4 heavy (non-hydrogen) atoms. The fourth-order valence-electron chi connectivity index (χ4n) is 0. The third kappa shape index (κ3) is 2.87. The summed E-state index contributed by atoms with van der Waals surface area (Å²) in [6.45, 7) is 0. The Labute approximate surface area is 36.6 Å². The van der Waals surface area contributed by atoms with Crippen LogP contribution in [0.1, 0.15) is 0 Å². The van der Waals surface area contributed by atoms with Crippen LogP contribution < -0.4 is 0 Å². The van der Waals surface area contributed by atoms with Crippen LogP contribution in [0.25, 0.3) is 0 Å². The Balaban J connectivity index is 1.97. The van der Waals surface area contributed by atoms with E-state index in [9.17, 15) is 0 Å². The van der Waals surface area contributed by atoms with Gasteiger partial charge in [0.05, 0.1) is 0 Å². The van der Waals surface area contributed by atoms with Crippen molar-refractivity contribution in [2.75, 3.05) is 5.20 Å². The predicted molar refractivity (Wildman–Crippen MR) is 12.9 cm³/mol. The summed E-state index contributed by atoms with van der Waals surface area (Å²) in [7, 11) is 5.03. The van der Waals surface area contributed by atoms with Gasteiger partial charge in [-0.05, 0) is 0 Å². The van der Waals surface area contributed by atoms with E-state index in [1.54, 1.807) is 0 Å². The van der Waals surface area contributed by atoms with Gasteiger partial charge in [0, 0.05) is 0 Å². The molecule has 0 bridgehead atoms. The van der Waals surface area contributed by atoms with Gasteiger partial charge in [-0.1, -0.05) is 0 Å². The van der Waals surface area contributed by atoms with Crippen LogP contribution in [-0.2, 0) is 16.1 Å². The Kier molecular flexibility index (Phi) is 4.72. The van der Waals surface area contributed by atoms with Gasteiger partial charge in [-0.3, -0.25) is 0 Å². The normalized spacial score (nSPS) is 8.50. The van der Waals surface area contributed by atoms with Crippen molar-refractivity contribution in [2.24, 2.45) is 0 Å². The molecule has 0 aromatic heterocycles. The van der Waals surface area contributed by atoms with Gasteiger partial charge in [0.15, 0.2) is 0 Å². The van der Waals surface area contributed by atoms with Crippen molar-refractivity contribution in [1.29, 1.82) is 0 Å². The van der Waals surface area contributed by atoms with Crippen LogP contribution in [-0.4, -0.2) is 10.3 Å². The third-order valence-electron chi connectivity index (χ3n) is 0.0423. The van der Waals surface area contributed by atoms with Gasteiger partial charge in [-0.2, -0.15) is 0 Å². The monoisotopic (exact) mass is 168 g/mol. The van der Waals surface area contributed by atoms with E-state index in [4.69, 9.17) is 14.8 Å². The Bertz CT molecular complexity index is 10.0. The minimum atomic E-state index is -0.233. The molecule has 1 N–H and O–H groups in total. The number of halogens is 1. The van der Waals surface area contributed by atoms with Gasteiger partial charge < -0.3 is 0 Å². The summed E-state index contributed by atoms with van der Waals surface area (Å²) in [6, 6.07) is 0. The van der Waals surface area contributed by atoms with Crippen molar-refractivity contribution in [1.82, 2.24) is 0 Å². The Morgan fingerprint density at radius 1 is 2.00 bits per heavy atom. The summed E-state index contributed by atoms with van der Waals surface area (Å²) < 4.78 is 0. The molecular weight excluding hydrogens is 165 g/mol. The maximum absolute atomic E-state index is 7.78. The molecule has 0 spiro atoms. The minimum absolute atomic E-state index is 0.175. The first-order valence-electron chi connectivity index (χ1n) is 0.700. The van der Waals surface area contributed by atoms with Crippen LogP contribution in [0.4, 0.5) is 0 Å². The Hall–Kier alpha value is 0.873. The summed E-state index contributed by atoms with van der Waals surface area (Å²) in [5.74, 6) is 0. The van der Waals surface area contributed by atoms with E-state index in [0.717, 1.165) is 0 Å². The standard InChI is InChI=1S/CH3O.ClH.Ru/c1-2;;/h2H,1H2;1H;/q;;+1/p-1. The maximum atomic E-state index is 7.78. The topological polar surface area (TPSA) is 20.2 Å². The Morgan fingerprint density at radius 3 is 2.25 bits per heavy atom. The van der Waals surface area contributed by atoms with E-state index in [0.29, 0.717) is 0 Å². The average molecular weight is 168 g/mol. The average Bonchev–Trinajstić information content (AvgIpc) is 1.37. The molecule has 0 aliphatic rings. The van der Waals surface area contributed by atoms with Crippen molar-refractivity contribution >= 4 is 9.69 Å². The number of hydrogen-bond acceptors (Lipinski definition) is 1. The van der Waals surface area contributed by atoms with Crippen molar-refractivity contribution in [3.63, 3.8) is 0 Å². The molecule has 0 aromatic rings. The Morgan fingerprint density at radius 2 is 2.25 bits per heavy atom. The summed E-state index contributed by atoms with van der Waals surface area (Å²) in [6.07, 6.45) is 0. The summed E-state index contributed by atoms with van der Waals surface area (Å²) in [5, 5.41) is 7.96. The van der Waals surface area contributed by atoms with Crippen LogP contribution >= 0.6 is 9.69 Å². The molecule has 0 fully saturated rings. The molecule has 3 heteroatoms. The van der Waals surface area contributed by atoms with E-state index in [-0.39, 0.29) is 21.3 Å². The molecule has 0 unspecified atom stereocenters. The van der Waals surface area contributed by atoms with Crippen LogP contribution in [0, 0.1) is 0 Å². The van der Waals surface area contributed by atoms with E-state index in [2.05, 4.69) is 0 Å². The van der Waals surface area contributed by atoms with Crippen molar-refractivity contribution in [3.05, 3.63) is 0 Å². The van der Waals surface area contributed by atoms with E-state index < -0.39 is 0 Å². The second-order valence-corrected chi connectivity index (χ2v) is 2.34. The summed E-state index contributed by atoms with van der Waals surface area (Å²) >= 11 is -0.233. The van der Waals surface area contributed by atoms with Gasteiger partial charge >= 0.3 is 36.1 Å². The van der Waals surface area contributed by atoms with Gasteiger partial charge in [-0.15, -0.1) is 0 Å². The first-order valence-corrected chi connectivity index (χ1v) is 4.17. The zero-order chi connectivity index (χ0) is 3.41. The quantitative estimate of drug-likeness (QED) is 0.552. The van der Waals surface area contributed by atoms with Crippen molar-refractivity contribution in [3.8, 4) is 0 Å². The molecule has 28 valence electrons. The zero-order valence-corrected chi connectivity index (χ0v) is 4.38. The molecule has 0 atom stereocenters. The molecule has 0 radical (unpaired) electrons. The van der Waals surface area contributed by atoms with Gasteiger partial charge in [0.2, 0.25) is 0 Å². The fourth-order valence-corrected chi connectivity index (χ4v) is 0. The number of hydrogen-bond donors (Lipinski definition) is 1. The van der Waals surface area contributed by atoms with E-state index in [1.165, 1.54) is 0 Å². The molecule has 0 amide bonds. The molecular formula is CH3ClORu. The first-order chi connectivity index (χ1) is 1.91. The zero-order valence-electron chi connectivity index (χ0n) is 1.89. The first kappa shape index (κ1) is 4.87. The molecule has 0 aliphatic heterocycles. The van der Waals surface area contributed by atoms with Crippen LogP contribution in [0.5, 0.6) is 0 Å². The molecule has 0 heterocycles. The van der Waals surface area contributed by atoms with Crippen molar-refractivity contribution in [2.45, 2.75) is 0 Å². The van der Waals surface area contributed by atoms with E-state index in [1.807, 2.05) is 0 Å².